The summed E-state index contributed by atoms with van der Waals surface area (Å²) in [5.41, 5.74) is 1.31. The van der Waals surface area contributed by atoms with E-state index in [4.69, 9.17) is 5.11 Å². The van der Waals surface area contributed by atoms with E-state index >= 15 is 0 Å². The fraction of sp³-hybridized carbons (Fsp3) is 0.538. The van der Waals surface area contributed by atoms with Gasteiger partial charge in [-0.3, -0.25) is 4.90 Å². The molecule has 0 unspecified atom stereocenters. The van der Waals surface area contributed by atoms with Crippen LogP contribution in [0.15, 0.2) is 28.7 Å². The van der Waals surface area contributed by atoms with Crippen LogP contribution in [0.25, 0.3) is 0 Å². The molecule has 1 aromatic rings. The predicted molar refractivity (Wildman–Crippen MR) is 69.2 cm³/mol. The van der Waals surface area contributed by atoms with Crippen molar-refractivity contribution in [1.82, 2.24) is 4.90 Å². The van der Waals surface area contributed by atoms with Crippen molar-refractivity contribution in [2.24, 2.45) is 5.92 Å². The largest absolute Gasteiger partial charge is 0.395 e. The zero-order valence-electron chi connectivity index (χ0n) is 9.40. The third kappa shape index (κ3) is 3.89. The summed E-state index contributed by atoms with van der Waals surface area (Å²) in [5, 5.41) is 9.05. The summed E-state index contributed by atoms with van der Waals surface area (Å²) in [6.45, 7) is 3.10. The Morgan fingerprint density at radius 3 is 2.81 bits per heavy atom. The first kappa shape index (κ1) is 12.1. The second-order valence-corrected chi connectivity index (χ2v) is 5.45. The van der Waals surface area contributed by atoms with Gasteiger partial charge in [-0.25, -0.2) is 0 Å². The van der Waals surface area contributed by atoms with Gasteiger partial charge in [-0.1, -0.05) is 28.1 Å². The quantitative estimate of drug-likeness (QED) is 0.868. The van der Waals surface area contributed by atoms with Gasteiger partial charge < -0.3 is 5.11 Å². The van der Waals surface area contributed by atoms with Crippen LogP contribution in [-0.2, 0) is 6.54 Å². The number of hydrogen-bond donors (Lipinski definition) is 1. The fourth-order valence-corrected chi connectivity index (χ4v) is 2.38. The van der Waals surface area contributed by atoms with Gasteiger partial charge in [0.25, 0.3) is 0 Å². The number of rotatable bonds is 6. The van der Waals surface area contributed by atoms with E-state index in [0.29, 0.717) is 0 Å². The van der Waals surface area contributed by atoms with E-state index in [1.165, 1.54) is 18.4 Å². The van der Waals surface area contributed by atoms with Crippen LogP contribution in [0.2, 0.25) is 0 Å². The predicted octanol–water partition coefficient (Wildman–Crippen LogP) is 2.65. The minimum absolute atomic E-state index is 0.251. The average molecular weight is 284 g/mol. The maximum absolute atomic E-state index is 9.05. The van der Waals surface area contributed by atoms with Gasteiger partial charge in [0.2, 0.25) is 0 Å². The van der Waals surface area contributed by atoms with E-state index in [9.17, 15) is 0 Å². The fourth-order valence-electron chi connectivity index (χ4n) is 1.94. The first-order valence-electron chi connectivity index (χ1n) is 5.85. The Morgan fingerprint density at radius 2 is 2.19 bits per heavy atom. The maximum atomic E-state index is 9.05. The Balaban J connectivity index is 1.92. The van der Waals surface area contributed by atoms with Crippen LogP contribution < -0.4 is 0 Å². The van der Waals surface area contributed by atoms with Gasteiger partial charge in [-0.15, -0.1) is 0 Å². The van der Waals surface area contributed by atoms with E-state index in [-0.39, 0.29) is 6.61 Å². The van der Waals surface area contributed by atoms with Crippen LogP contribution in [0.3, 0.4) is 0 Å². The molecular weight excluding hydrogens is 266 g/mol. The lowest BCUT2D eigenvalue weighted by Gasteiger charge is -2.21. The van der Waals surface area contributed by atoms with Gasteiger partial charge in [0.15, 0.2) is 0 Å². The number of aliphatic hydroxyl groups excluding tert-OH is 1. The van der Waals surface area contributed by atoms with Crippen molar-refractivity contribution in [3.05, 3.63) is 34.3 Å². The minimum Gasteiger partial charge on any atom is -0.395 e. The van der Waals surface area contributed by atoms with Crippen molar-refractivity contribution in [2.45, 2.75) is 19.4 Å². The normalized spacial score (nSPS) is 15.7. The Bertz CT molecular complexity index is 338. The number of benzene rings is 1. The average Bonchev–Trinajstić information content (AvgIpc) is 3.02. The maximum Gasteiger partial charge on any atom is 0.0558 e. The molecule has 1 aromatic carbocycles. The lowest BCUT2D eigenvalue weighted by atomic mass is 10.2. The van der Waals surface area contributed by atoms with Crippen molar-refractivity contribution in [3.8, 4) is 0 Å². The number of halogens is 1. The van der Waals surface area contributed by atoms with Crippen molar-refractivity contribution < 1.29 is 5.11 Å². The van der Waals surface area contributed by atoms with Crippen LogP contribution >= 0.6 is 15.9 Å². The molecule has 0 atom stereocenters. The summed E-state index contributed by atoms with van der Waals surface area (Å²) in [6, 6.07) is 8.40. The van der Waals surface area contributed by atoms with Crippen LogP contribution in [0.1, 0.15) is 18.4 Å². The van der Waals surface area contributed by atoms with E-state index in [1.807, 2.05) is 6.07 Å². The molecule has 88 valence electrons. The monoisotopic (exact) mass is 283 g/mol. The molecule has 0 heterocycles. The smallest absolute Gasteiger partial charge is 0.0558 e. The van der Waals surface area contributed by atoms with E-state index < -0.39 is 0 Å². The lowest BCUT2D eigenvalue weighted by Crippen LogP contribution is -2.28. The van der Waals surface area contributed by atoms with Gasteiger partial charge in [0, 0.05) is 24.1 Å². The van der Waals surface area contributed by atoms with Gasteiger partial charge in [-0.05, 0) is 36.5 Å². The molecule has 3 heteroatoms. The molecule has 1 aliphatic carbocycles. The Hall–Kier alpha value is -0.380. The van der Waals surface area contributed by atoms with Crippen LogP contribution in [-0.4, -0.2) is 29.7 Å². The van der Waals surface area contributed by atoms with Crippen LogP contribution in [0, 0.1) is 5.92 Å². The third-order valence-electron chi connectivity index (χ3n) is 2.92. The first-order chi connectivity index (χ1) is 7.78. The topological polar surface area (TPSA) is 23.5 Å². The molecule has 0 amide bonds. The van der Waals surface area contributed by atoms with Crippen molar-refractivity contribution >= 4 is 15.9 Å². The van der Waals surface area contributed by atoms with Gasteiger partial charge in [0.1, 0.15) is 0 Å². The Labute approximate surface area is 105 Å². The lowest BCUT2D eigenvalue weighted by molar-refractivity contribution is 0.185. The Morgan fingerprint density at radius 1 is 1.38 bits per heavy atom. The summed E-state index contributed by atoms with van der Waals surface area (Å²) in [4.78, 5) is 2.35. The molecule has 1 N–H and O–H groups in total. The number of hydrogen-bond acceptors (Lipinski definition) is 2. The van der Waals surface area contributed by atoms with Crippen LogP contribution in [0.4, 0.5) is 0 Å². The molecule has 1 saturated carbocycles. The van der Waals surface area contributed by atoms with Crippen molar-refractivity contribution in [1.29, 1.82) is 0 Å². The summed E-state index contributed by atoms with van der Waals surface area (Å²) >= 11 is 3.49. The van der Waals surface area contributed by atoms with Crippen LogP contribution in [0.5, 0.6) is 0 Å². The number of aliphatic hydroxyl groups is 1. The van der Waals surface area contributed by atoms with E-state index in [0.717, 1.165) is 30.0 Å². The molecule has 0 spiro atoms. The van der Waals surface area contributed by atoms with E-state index in [2.05, 4.69) is 39.0 Å². The number of nitrogens with zero attached hydrogens (tertiary/aromatic N) is 1. The molecule has 2 rings (SSSR count). The second kappa shape index (κ2) is 5.80. The summed E-state index contributed by atoms with van der Waals surface area (Å²) in [6.07, 6.45) is 2.72. The first-order valence-corrected chi connectivity index (χ1v) is 6.65. The molecule has 0 radical (unpaired) electrons. The van der Waals surface area contributed by atoms with Gasteiger partial charge in [-0.2, -0.15) is 0 Å². The molecule has 1 aliphatic rings. The zero-order valence-corrected chi connectivity index (χ0v) is 11.0. The van der Waals surface area contributed by atoms with Gasteiger partial charge in [0.05, 0.1) is 6.61 Å². The third-order valence-corrected chi connectivity index (χ3v) is 3.42. The van der Waals surface area contributed by atoms with Crippen molar-refractivity contribution in [3.63, 3.8) is 0 Å². The second-order valence-electron chi connectivity index (χ2n) is 4.53. The highest BCUT2D eigenvalue weighted by atomic mass is 79.9. The highest BCUT2D eigenvalue weighted by Gasteiger charge is 2.23. The molecule has 16 heavy (non-hydrogen) atoms. The zero-order chi connectivity index (χ0) is 11.4. The standard InChI is InChI=1S/C13H18BrNO/c14-13-3-1-2-12(8-13)10-15(6-7-16)9-11-4-5-11/h1-3,8,11,16H,4-7,9-10H2. The molecule has 1 fully saturated rings. The highest BCUT2D eigenvalue weighted by molar-refractivity contribution is 9.10. The summed E-state index contributed by atoms with van der Waals surface area (Å²) < 4.78 is 1.13. The summed E-state index contributed by atoms with van der Waals surface area (Å²) in [7, 11) is 0. The molecular formula is C13H18BrNO. The molecule has 0 saturated heterocycles. The van der Waals surface area contributed by atoms with Crippen molar-refractivity contribution in [2.75, 3.05) is 19.7 Å². The SMILES string of the molecule is OCCN(Cc1cccc(Br)c1)CC1CC1. The Kier molecular flexibility index (Phi) is 4.38. The molecule has 2 nitrogen and oxygen atoms in total. The molecule has 0 aliphatic heterocycles. The highest BCUT2D eigenvalue weighted by Crippen LogP contribution is 2.30. The minimum atomic E-state index is 0.251. The molecule has 0 aromatic heterocycles. The molecule has 0 bridgehead atoms. The van der Waals surface area contributed by atoms with E-state index in [1.54, 1.807) is 0 Å². The summed E-state index contributed by atoms with van der Waals surface area (Å²) in [5.74, 6) is 0.874. The van der Waals surface area contributed by atoms with Gasteiger partial charge >= 0.3 is 0 Å².